The number of aromatic nitrogens is 4. The molecule has 2 aromatic heterocycles. The summed E-state index contributed by atoms with van der Waals surface area (Å²) < 4.78 is 4.28. The Morgan fingerprint density at radius 3 is 2.89 bits per heavy atom. The second-order valence-electron chi connectivity index (χ2n) is 5.31. The molecule has 1 saturated carbocycles. The maximum absolute atomic E-state index is 5.74. The zero-order valence-corrected chi connectivity index (χ0v) is 11.4. The number of imidazole rings is 1. The second-order valence-corrected chi connectivity index (χ2v) is 5.31. The molecule has 0 spiro atoms. The molecule has 2 heterocycles. The molecule has 1 fully saturated rings. The zero-order valence-electron chi connectivity index (χ0n) is 11.4. The molecule has 0 radical (unpaired) electrons. The number of nitrogens with two attached hydrogens (primary N) is 1. The summed E-state index contributed by atoms with van der Waals surface area (Å²) in [5, 5.41) is 4.71. The van der Waals surface area contributed by atoms with E-state index in [0.29, 0.717) is 12.6 Å². The van der Waals surface area contributed by atoms with Crippen molar-refractivity contribution in [3.63, 3.8) is 0 Å². The fourth-order valence-corrected chi connectivity index (χ4v) is 2.89. The number of aryl methyl sites for hydroxylation is 1. The highest BCUT2D eigenvalue weighted by molar-refractivity contribution is 5.09. The Hall–Kier alpha value is -1.62. The highest BCUT2D eigenvalue weighted by atomic mass is 15.3. The lowest BCUT2D eigenvalue weighted by Gasteiger charge is -2.10. The molecular formula is C14H21N5. The second kappa shape index (κ2) is 5.17. The molecule has 0 unspecified atom stereocenters. The number of hydrogen-bond acceptors (Lipinski definition) is 3. The molecule has 5 nitrogen and oxygen atoms in total. The SMILES string of the molecule is Cc1ncc(CN)n1Cc1ccn(C2CCCC2)n1. The molecule has 2 N–H and O–H groups in total. The van der Waals surface area contributed by atoms with E-state index in [1.165, 1.54) is 25.7 Å². The van der Waals surface area contributed by atoms with Gasteiger partial charge in [-0.1, -0.05) is 12.8 Å². The molecule has 0 saturated heterocycles. The van der Waals surface area contributed by atoms with Crippen molar-refractivity contribution in [3.8, 4) is 0 Å². The van der Waals surface area contributed by atoms with E-state index in [-0.39, 0.29) is 0 Å². The van der Waals surface area contributed by atoms with Crippen LogP contribution in [0.3, 0.4) is 0 Å². The quantitative estimate of drug-likeness (QED) is 0.913. The Morgan fingerprint density at radius 2 is 2.16 bits per heavy atom. The largest absolute Gasteiger partial charge is 0.325 e. The Bertz CT molecular complexity index is 548. The first-order valence-electron chi connectivity index (χ1n) is 7.03. The molecule has 3 rings (SSSR count). The number of hydrogen-bond donors (Lipinski definition) is 1. The fraction of sp³-hybridized carbons (Fsp3) is 0.571. The standard InChI is InChI=1S/C14H21N5/c1-11-16-9-14(8-15)18(11)10-12-6-7-19(17-12)13-4-2-3-5-13/h6-7,9,13H,2-5,8,10,15H2,1H3. The van der Waals surface area contributed by atoms with E-state index in [1.807, 2.05) is 13.1 Å². The summed E-state index contributed by atoms with van der Waals surface area (Å²) in [6.45, 7) is 3.29. The first-order valence-corrected chi connectivity index (χ1v) is 7.03. The minimum absolute atomic E-state index is 0.518. The first-order chi connectivity index (χ1) is 9.28. The Kier molecular flexibility index (Phi) is 3.38. The van der Waals surface area contributed by atoms with Crippen molar-refractivity contribution in [3.05, 3.63) is 35.7 Å². The van der Waals surface area contributed by atoms with Gasteiger partial charge in [-0.25, -0.2) is 4.98 Å². The van der Waals surface area contributed by atoms with Gasteiger partial charge in [-0.3, -0.25) is 4.68 Å². The van der Waals surface area contributed by atoms with Crippen LogP contribution in [0.1, 0.15) is 48.9 Å². The highest BCUT2D eigenvalue weighted by Gasteiger charge is 2.17. The summed E-state index contributed by atoms with van der Waals surface area (Å²) in [6, 6.07) is 2.71. The van der Waals surface area contributed by atoms with E-state index >= 15 is 0 Å². The molecule has 0 aromatic carbocycles. The lowest BCUT2D eigenvalue weighted by Crippen LogP contribution is -2.11. The third kappa shape index (κ3) is 2.42. The van der Waals surface area contributed by atoms with Crippen LogP contribution in [0.2, 0.25) is 0 Å². The van der Waals surface area contributed by atoms with Crippen molar-refractivity contribution in [2.75, 3.05) is 0 Å². The van der Waals surface area contributed by atoms with Crippen molar-refractivity contribution in [2.45, 2.75) is 51.7 Å². The number of rotatable bonds is 4. The monoisotopic (exact) mass is 259 g/mol. The van der Waals surface area contributed by atoms with E-state index in [2.05, 4.69) is 26.5 Å². The molecule has 5 heteroatoms. The van der Waals surface area contributed by atoms with Crippen LogP contribution in [0.4, 0.5) is 0 Å². The highest BCUT2D eigenvalue weighted by Crippen LogP contribution is 2.28. The molecule has 1 aliphatic carbocycles. The molecule has 0 bridgehead atoms. The van der Waals surface area contributed by atoms with Crippen LogP contribution in [0, 0.1) is 6.92 Å². The van der Waals surface area contributed by atoms with Gasteiger partial charge in [0.25, 0.3) is 0 Å². The van der Waals surface area contributed by atoms with Crippen LogP contribution in [0.15, 0.2) is 18.5 Å². The van der Waals surface area contributed by atoms with Crippen LogP contribution in [-0.4, -0.2) is 19.3 Å². The Labute approximate surface area is 113 Å². The van der Waals surface area contributed by atoms with Crippen molar-refractivity contribution in [1.82, 2.24) is 19.3 Å². The minimum Gasteiger partial charge on any atom is -0.325 e. The van der Waals surface area contributed by atoms with E-state index in [0.717, 1.165) is 23.8 Å². The van der Waals surface area contributed by atoms with Crippen LogP contribution in [0.25, 0.3) is 0 Å². The predicted molar refractivity (Wildman–Crippen MR) is 73.7 cm³/mol. The summed E-state index contributed by atoms with van der Waals surface area (Å²) in [4.78, 5) is 4.32. The smallest absolute Gasteiger partial charge is 0.106 e. The van der Waals surface area contributed by atoms with E-state index in [1.54, 1.807) is 0 Å². The maximum Gasteiger partial charge on any atom is 0.106 e. The van der Waals surface area contributed by atoms with E-state index in [4.69, 9.17) is 10.8 Å². The summed E-state index contributed by atoms with van der Waals surface area (Å²) in [7, 11) is 0. The maximum atomic E-state index is 5.74. The van der Waals surface area contributed by atoms with Gasteiger partial charge in [0.2, 0.25) is 0 Å². The molecule has 0 aliphatic heterocycles. The normalized spacial score (nSPS) is 16.3. The van der Waals surface area contributed by atoms with Gasteiger partial charge in [0.1, 0.15) is 5.82 Å². The van der Waals surface area contributed by atoms with Gasteiger partial charge < -0.3 is 10.3 Å². The van der Waals surface area contributed by atoms with Gasteiger partial charge in [-0.15, -0.1) is 0 Å². The Morgan fingerprint density at radius 1 is 1.37 bits per heavy atom. The van der Waals surface area contributed by atoms with Gasteiger partial charge in [0.05, 0.1) is 24.0 Å². The van der Waals surface area contributed by atoms with Crippen LogP contribution in [-0.2, 0) is 13.1 Å². The molecule has 0 atom stereocenters. The molecule has 2 aromatic rings. The van der Waals surface area contributed by atoms with Crippen LogP contribution in [0.5, 0.6) is 0 Å². The van der Waals surface area contributed by atoms with E-state index in [9.17, 15) is 0 Å². The predicted octanol–water partition coefficient (Wildman–Crippen LogP) is 2.01. The molecule has 0 amide bonds. The molecule has 19 heavy (non-hydrogen) atoms. The van der Waals surface area contributed by atoms with E-state index < -0.39 is 0 Å². The lowest BCUT2D eigenvalue weighted by molar-refractivity contribution is 0.461. The minimum atomic E-state index is 0.518. The Balaban J connectivity index is 1.77. The van der Waals surface area contributed by atoms with Gasteiger partial charge in [0.15, 0.2) is 0 Å². The summed E-state index contributed by atoms with van der Waals surface area (Å²) in [5.41, 5.74) is 7.88. The van der Waals surface area contributed by atoms with Crippen molar-refractivity contribution < 1.29 is 0 Å². The van der Waals surface area contributed by atoms with Gasteiger partial charge in [-0.2, -0.15) is 5.10 Å². The zero-order chi connectivity index (χ0) is 13.2. The summed E-state index contributed by atoms with van der Waals surface area (Å²) >= 11 is 0. The van der Waals surface area contributed by atoms with Crippen LogP contribution < -0.4 is 5.73 Å². The fourth-order valence-electron chi connectivity index (χ4n) is 2.89. The topological polar surface area (TPSA) is 61.7 Å². The van der Waals surface area contributed by atoms with Crippen molar-refractivity contribution in [2.24, 2.45) is 5.73 Å². The average Bonchev–Trinajstić information content (AvgIpc) is 3.12. The molecule has 1 aliphatic rings. The van der Waals surface area contributed by atoms with Crippen LogP contribution >= 0.6 is 0 Å². The summed E-state index contributed by atoms with van der Waals surface area (Å²) in [6.07, 6.45) is 9.15. The van der Waals surface area contributed by atoms with Crippen molar-refractivity contribution >= 4 is 0 Å². The summed E-state index contributed by atoms with van der Waals surface area (Å²) in [5.74, 6) is 0.996. The third-order valence-electron chi connectivity index (χ3n) is 4.03. The van der Waals surface area contributed by atoms with Crippen molar-refractivity contribution in [1.29, 1.82) is 0 Å². The molecule has 102 valence electrons. The number of nitrogens with zero attached hydrogens (tertiary/aromatic N) is 4. The molecular weight excluding hydrogens is 238 g/mol. The lowest BCUT2D eigenvalue weighted by atomic mass is 10.3. The third-order valence-corrected chi connectivity index (χ3v) is 4.03. The first kappa shape index (κ1) is 12.4. The van der Waals surface area contributed by atoms with Gasteiger partial charge >= 0.3 is 0 Å². The average molecular weight is 259 g/mol. The van der Waals surface area contributed by atoms with Gasteiger partial charge in [-0.05, 0) is 25.8 Å². The van der Waals surface area contributed by atoms with Gasteiger partial charge in [0, 0.05) is 18.9 Å².